The van der Waals surface area contributed by atoms with E-state index in [1.807, 2.05) is 77.4 Å². The van der Waals surface area contributed by atoms with Crippen LogP contribution >= 0.6 is 0 Å². The van der Waals surface area contributed by atoms with Gasteiger partial charge in [-0.1, -0.05) is 0 Å². The summed E-state index contributed by atoms with van der Waals surface area (Å²) >= 11 is 0. The van der Waals surface area contributed by atoms with E-state index in [2.05, 4.69) is 25.5 Å². The maximum atomic E-state index is 4.55. The molecule has 0 aliphatic carbocycles. The number of anilines is 2. The quantitative estimate of drug-likeness (QED) is 0.535. The molecule has 0 bridgehead atoms. The van der Waals surface area contributed by atoms with Gasteiger partial charge in [-0.25, -0.2) is 14.6 Å². The van der Waals surface area contributed by atoms with Crippen molar-refractivity contribution in [1.82, 2.24) is 33.9 Å². The Morgan fingerprint density at radius 1 is 0.926 bits per heavy atom. The van der Waals surface area contributed by atoms with Crippen molar-refractivity contribution in [3.8, 4) is 16.9 Å². The molecule has 1 N–H and O–H groups in total. The fourth-order valence-corrected chi connectivity index (χ4v) is 3.03. The zero-order valence-electron chi connectivity index (χ0n) is 14.6. The number of benzene rings is 1. The van der Waals surface area contributed by atoms with Crippen LogP contribution in [0, 0.1) is 0 Å². The molecule has 0 amide bonds. The molecule has 8 nitrogen and oxygen atoms in total. The predicted molar refractivity (Wildman–Crippen MR) is 102 cm³/mol. The normalized spacial score (nSPS) is 11.1. The topological polar surface area (TPSA) is 77.9 Å². The van der Waals surface area contributed by atoms with Gasteiger partial charge >= 0.3 is 0 Å². The van der Waals surface area contributed by atoms with Crippen molar-refractivity contribution in [2.24, 2.45) is 7.05 Å². The first-order valence-corrected chi connectivity index (χ1v) is 8.46. The molecule has 132 valence electrons. The first-order valence-electron chi connectivity index (χ1n) is 8.46. The van der Waals surface area contributed by atoms with E-state index >= 15 is 0 Å². The summed E-state index contributed by atoms with van der Waals surface area (Å²) in [7, 11) is 1.90. The lowest BCUT2D eigenvalue weighted by molar-refractivity contribution is 0.768. The van der Waals surface area contributed by atoms with E-state index in [0.29, 0.717) is 5.82 Å². The van der Waals surface area contributed by atoms with Crippen LogP contribution in [0.5, 0.6) is 0 Å². The maximum Gasteiger partial charge on any atom is 0.180 e. The van der Waals surface area contributed by atoms with Crippen LogP contribution in [0.25, 0.3) is 22.6 Å². The van der Waals surface area contributed by atoms with Gasteiger partial charge in [0.1, 0.15) is 0 Å². The number of rotatable bonds is 4. The number of fused-ring (bicyclic) bond motifs is 1. The van der Waals surface area contributed by atoms with Crippen molar-refractivity contribution >= 4 is 17.2 Å². The van der Waals surface area contributed by atoms with Gasteiger partial charge in [-0.3, -0.25) is 9.08 Å². The molecule has 4 heterocycles. The Bertz CT molecular complexity index is 1200. The van der Waals surface area contributed by atoms with Crippen LogP contribution < -0.4 is 5.32 Å². The Morgan fingerprint density at radius 3 is 2.56 bits per heavy atom. The zero-order valence-corrected chi connectivity index (χ0v) is 14.6. The smallest absolute Gasteiger partial charge is 0.180 e. The second kappa shape index (κ2) is 6.10. The molecule has 0 saturated carbocycles. The molecule has 0 aliphatic heterocycles. The van der Waals surface area contributed by atoms with Gasteiger partial charge in [0.05, 0.1) is 23.8 Å². The second-order valence-electron chi connectivity index (χ2n) is 6.14. The molecule has 0 spiro atoms. The summed E-state index contributed by atoms with van der Waals surface area (Å²) in [6.07, 6.45) is 13.0. The Balaban J connectivity index is 1.48. The molecule has 27 heavy (non-hydrogen) atoms. The van der Waals surface area contributed by atoms with Gasteiger partial charge in [0.2, 0.25) is 0 Å². The monoisotopic (exact) mass is 356 g/mol. The molecular formula is C19H16N8. The van der Waals surface area contributed by atoms with Crippen LogP contribution in [0.2, 0.25) is 0 Å². The summed E-state index contributed by atoms with van der Waals surface area (Å²) < 4.78 is 5.60. The Labute approximate surface area is 154 Å². The molecule has 0 aliphatic rings. The summed E-state index contributed by atoms with van der Waals surface area (Å²) in [5.41, 5.74) is 4.66. The third kappa shape index (κ3) is 2.73. The average molecular weight is 356 g/mol. The minimum absolute atomic E-state index is 0.694. The highest BCUT2D eigenvalue weighted by atomic mass is 15.3. The van der Waals surface area contributed by atoms with E-state index in [1.165, 1.54) is 0 Å². The standard InChI is InChI=1S/C19H16N8/c1-25-13-14(11-23-25)17-12-21-19-18(20-8-10-26(17)19)24-15-3-5-16(6-4-15)27-9-2-7-22-27/h2-13H,1H3,(H,20,24). The van der Waals surface area contributed by atoms with E-state index in [4.69, 9.17) is 0 Å². The van der Waals surface area contributed by atoms with Crippen LogP contribution in [0.15, 0.2) is 73.7 Å². The van der Waals surface area contributed by atoms with Crippen molar-refractivity contribution in [2.45, 2.75) is 0 Å². The van der Waals surface area contributed by atoms with Crippen LogP contribution in [-0.2, 0) is 7.05 Å². The van der Waals surface area contributed by atoms with E-state index in [1.54, 1.807) is 17.1 Å². The van der Waals surface area contributed by atoms with Crippen LogP contribution in [0.1, 0.15) is 0 Å². The molecule has 5 aromatic rings. The Morgan fingerprint density at radius 2 is 1.81 bits per heavy atom. The molecule has 0 saturated heterocycles. The molecule has 0 unspecified atom stereocenters. The third-order valence-corrected chi connectivity index (χ3v) is 4.33. The average Bonchev–Trinajstić information content (AvgIpc) is 3.43. The number of hydrogen-bond acceptors (Lipinski definition) is 5. The Hall–Kier alpha value is -3.94. The van der Waals surface area contributed by atoms with Crippen molar-refractivity contribution < 1.29 is 0 Å². The number of aryl methyl sites for hydroxylation is 1. The highest BCUT2D eigenvalue weighted by Gasteiger charge is 2.11. The van der Waals surface area contributed by atoms with Crippen molar-refractivity contribution in [3.63, 3.8) is 0 Å². The first-order chi connectivity index (χ1) is 13.3. The van der Waals surface area contributed by atoms with Crippen LogP contribution in [0.3, 0.4) is 0 Å². The van der Waals surface area contributed by atoms with Gasteiger partial charge in [0.25, 0.3) is 0 Å². The number of hydrogen-bond donors (Lipinski definition) is 1. The number of imidazole rings is 1. The SMILES string of the molecule is Cn1cc(-c2cnc3c(Nc4ccc(-n5cccn5)cc4)nccn23)cn1. The predicted octanol–water partition coefficient (Wildman–Crippen LogP) is 3.06. The summed E-state index contributed by atoms with van der Waals surface area (Å²) in [6.45, 7) is 0. The fourth-order valence-electron chi connectivity index (χ4n) is 3.03. The molecule has 5 rings (SSSR count). The summed E-state index contributed by atoms with van der Waals surface area (Å²) in [6, 6.07) is 9.89. The van der Waals surface area contributed by atoms with Gasteiger partial charge in [-0.2, -0.15) is 10.2 Å². The van der Waals surface area contributed by atoms with Gasteiger partial charge in [0.15, 0.2) is 11.5 Å². The number of nitrogens with one attached hydrogen (secondary N) is 1. The Kier molecular flexibility index (Phi) is 3.46. The van der Waals surface area contributed by atoms with E-state index in [-0.39, 0.29) is 0 Å². The minimum Gasteiger partial charge on any atom is -0.337 e. The van der Waals surface area contributed by atoms with E-state index in [0.717, 1.165) is 28.3 Å². The van der Waals surface area contributed by atoms with Crippen molar-refractivity contribution in [3.05, 3.63) is 73.7 Å². The number of nitrogens with zero attached hydrogens (tertiary/aromatic N) is 7. The van der Waals surface area contributed by atoms with Crippen LogP contribution in [-0.4, -0.2) is 33.9 Å². The van der Waals surface area contributed by atoms with Gasteiger partial charge in [-0.15, -0.1) is 0 Å². The van der Waals surface area contributed by atoms with Crippen molar-refractivity contribution in [2.75, 3.05) is 5.32 Å². The lowest BCUT2D eigenvalue weighted by atomic mass is 10.3. The highest BCUT2D eigenvalue weighted by molar-refractivity contribution is 5.74. The molecule has 0 atom stereocenters. The molecule has 1 aromatic carbocycles. The lowest BCUT2D eigenvalue weighted by Crippen LogP contribution is -1.99. The third-order valence-electron chi connectivity index (χ3n) is 4.33. The number of aromatic nitrogens is 7. The van der Waals surface area contributed by atoms with E-state index in [9.17, 15) is 0 Å². The second-order valence-corrected chi connectivity index (χ2v) is 6.14. The fraction of sp³-hybridized carbons (Fsp3) is 0.0526. The molecule has 0 fully saturated rings. The molecular weight excluding hydrogens is 340 g/mol. The van der Waals surface area contributed by atoms with E-state index < -0.39 is 0 Å². The summed E-state index contributed by atoms with van der Waals surface area (Å²) in [4.78, 5) is 9.00. The van der Waals surface area contributed by atoms with Gasteiger partial charge < -0.3 is 5.32 Å². The molecule has 0 radical (unpaired) electrons. The maximum absolute atomic E-state index is 4.55. The molecule has 8 heteroatoms. The first kappa shape index (κ1) is 15.3. The zero-order chi connectivity index (χ0) is 18.2. The highest BCUT2D eigenvalue weighted by Crippen LogP contribution is 2.25. The van der Waals surface area contributed by atoms with Gasteiger partial charge in [0, 0.05) is 49.3 Å². The minimum atomic E-state index is 0.694. The largest absolute Gasteiger partial charge is 0.337 e. The lowest BCUT2D eigenvalue weighted by Gasteiger charge is -2.08. The molecule has 4 aromatic heterocycles. The van der Waals surface area contributed by atoms with Crippen molar-refractivity contribution in [1.29, 1.82) is 0 Å². The summed E-state index contributed by atoms with van der Waals surface area (Å²) in [5, 5.41) is 11.8. The van der Waals surface area contributed by atoms with Crippen LogP contribution in [0.4, 0.5) is 11.5 Å². The summed E-state index contributed by atoms with van der Waals surface area (Å²) in [5.74, 6) is 0.694. The van der Waals surface area contributed by atoms with Gasteiger partial charge in [-0.05, 0) is 30.3 Å².